The van der Waals surface area contributed by atoms with Crippen molar-refractivity contribution >= 4 is 45.0 Å². The maximum Gasteiger partial charge on any atom is 0.237 e. The Hall–Kier alpha value is -2.85. The molecule has 28 heavy (non-hydrogen) atoms. The SMILES string of the molecule is Cc1ccc2cc(C)c(S[C@@H](C)C(=O)Nc3cccc4ccccc34)nc2c1. The number of aryl methyl sites for hydroxylation is 2. The molecule has 0 aliphatic carbocycles. The molecule has 0 spiro atoms. The minimum atomic E-state index is -0.257. The summed E-state index contributed by atoms with van der Waals surface area (Å²) in [4.78, 5) is 17.6. The molecular weight excluding hydrogens is 364 g/mol. The van der Waals surface area contributed by atoms with Gasteiger partial charge in [0.05, 0.1) is 10.8 Å². The minimum Gasteiger partial charge on any atom is -0.325 e. The Kier molecular flexibility index (Phi) is 5.05. The molecule has 0 unspecified atom stereocenters. The lowest BCUT2D eigenvalue weighted by Crippen LogP contribution is -2.22. The van der Waals surface area contributed by atoms with Crippen LogP contribution in [0.3, 0.4) is 0 Å². The molecule has 1 heterocycles. The highest BCUT2D eigenvalue weighted by atomic mass is 32.2. The summed E-state index contributed by atoms with van der Waals surface area (Å²) >= 11 is 1.50. The van der Waals surface area contributed by atoms with E-state index in [1.165, 1.54) is 17.3 Å². The standard InChI is InChI=1S/C24H22N2OS/c1-15-11-12-19-14-16(2)24(26-22(19)13-15)28-17(3)23(27)25-21-10-6-8-18-7-4-5-9-20(18)21/h4-14,17H,1-3H3,(H,25,27)/t17-/m0/s1. The fourth-order valence-electron chi connectivity index (χ4n) is 3.27. The van der Waals surface area contributed by atoms with Crippen molar-refractivity contribution < 1.29 is 4.79 Å². The quantitative estimate of drug-likeness (QED) is 0.429. The summed E-state index contributed by atoms with van der Waals surface area (Å²) in [5.41, 5.74) is 4.08. The van der Waals surface area contributed by atoms with Crippen LogP contribution >= 0.6 is 11.8 Å². The van der Waals surface area contributed by atoms with Crippen molar-refractivity contribution in [2.75, 3.05) is 5.32 Å². The zero-order valence-corrected chi connectivity index (χ0v) is 17.0. The van der Waals surface area contributed by atoms with Crippen LogP contribution in [0, 0.1) is 13.8 Å². The number of carbonyl (C=O) groups is 1. The Bertz CT molecular complexity index is 1180. The van der Waals surface area contributed by atoms with Gasteiger partial charge in [-0.05, 0) is 55.5 Å². The third-order valence-corrected chi connectivity index (χ3v) is 6.03. The van der Waals surface area contributed by atoms with Crippen LogP contribution in [0.25, 0.3) is 21.7 Å². The van der Waals surface area contributed by atoms with E-state index in [4.69, 9.17) is 4.98 Å². The molecule has 0 radical (unpaired) electrons. The van der Waals surface area contributed by atoms with E-state index in [0.717, 1.165) is 38.0 Å². The third-order valence-electron chi connectivity index (χ3n) is 4.82. The number of rotatable bonds is 4. The molecule has 4 rings (SSSR count). The van der Waals surface area contributed by atoms with E-state index in [1.807, 2.05) is 56.3 Å². The Morgan fingerprint density at radius 1 is 0.964 bits per heavy atom. The summed E-state index contributed by atoms with van der Waals surface area (Å²) < 4.78 is 0. The highest BCUT2D eigenvalue weighted by Crippen LogP contribution is 2.29. The van der Waals surface area contributed by atoms with Crippen molar-refractivity contribution in [2.45, 2.75) is 31.0 Å². The second-order valence-corrected chi connectivity index (χ2v) is 8.41. The highest BCUT2D eigenvalue weighted by molar-refractivity contribution is 8.00. The van der Waals surface area contributed by atoms with Gasteiger partial charge in [-0.3, -0.25) is 4.79 Å². The van der Waals surface area contributed by atoms with Crippen LogP contribution in [0.1, 0.15) is 18.1 Å². The Balaban J connectivity index is 1.56. The van der Waals surface area contributed by atoms with Gasteiger partial charge in [0.2, 0.25) is 5.91 Å². The molecule has 0 bridgehead atoms. The number of anilines is 1. The van der Waals surface area contributed by atoms with Crippen molar-refractivity contribution in [2.24, 2.45) is 0 Å². The van der Waals surface area contributed by atoms with Gasteiger partial charge >= 0.3 is 0 Å². The van der Waals surface area contributed by atoms with E-state index in [2.05, 4.69) is 36.5 Å². The summed E-state index contributed by atoms with van der Waals surface area (Å²) in [6, 6.07) is 22.4. The van der Waals surface area contributed by atoms with Gasteiger partial charge < -0.3 is 5.32 Å². The number of aromatic nitrogens is 1. The summed E-state index contributed by atoms with van der Waals surface area (Å²) in [7, 11) is 0. The molecule has 4 aromatic rings. The van der Waals surface area contributed by atoms with Gasteiger partial charge in [0.15, 0.2) is 0 Å². The molecule has 1 N–H and O–H groups in total. The molecule has 0 fully saturated rings. The van der Waals surface area contributed by atoms with E-state index in [0.29, 0.717) is 0 Å². The normalized spacial score (nSPS) is 12.2. The van der Waals surface area contributed by atoms with Gasteiger partial charge in [0.1, 0.15) is 5.03 Å². The first-order valence-electron chi connectivity index (χ1n) is 9.34. The van der Waals surface area contributed by atoms with Crippen molar-refractivity contribution in [1.82, 2.24) is 4.98 Å². The molecule has 3 nitrogen and oxygen atoms in total. The van der Waals surface area contributed by atoms with Crippen LogP contribution < -0.4 is 5.32 Å². The van der Waals surface area contributed by atoms with E-state index in [9.17, 15) is 4.79 Å². The van der Waals surface area contributed by atoms with Gasteiger partial charge in [-0.25, -0.2) is 4.98 Å². The molecular formula is C24H22N2OS. The number of benzene rings is 3. The number of carbonyl (C=O) groups excluding carboxylic acids is 1. The summed E-state index contributed by atoms with van der Waals surface area (Å²) in [5, 5.41) is 7.01. The van der Waals surface area contributed by atoms with Crippen LogP contribution in [-0.4, -0.2) is 16.1 Å². The Morgan fingerprint density at radius 3 is 2.61 bits per heavy atom. The van der Waals surface area contributed by atoms with E-state index >= 15 is 0 Å². The summed E-state index contributed by atoms with van der Waals surface area (Å²) in [5.74, 6) is -0.0214. The van der Waals surface area contributed by atoms with E-state index < -0.39 is 0 Å². The smallest absolute Gasteiger partial charge is 0.237 e. The number of nitrogens with zero attached hydrogens (tertiary/aromatic N) is 1. The predicted octanol–water partition coefficient (Wildman–Crippen LogP) is 6.12. The molecule has 3 aromatic carbocycles. The minimum absolute atomic E-state index is 0.0214. The first-order chi connectivity index (χ1) is 13.5. The average molecular weight is 387 g/mol. The summed E-state index contributed by atoms with van der Waals surface area (Å²) in [6.07, 6.45) is 0. The van der Waals surface area contributed by atoms with Gasteiger partial charge in [-0.15, -0.1) is 0 Å². The first kappa shape index (κ1) is 18.5. The Labute approximate surface area is 169 Å². The van der Waals surface area contributed by atoms with Crippen LogP contribution in [0.2, 0.25) is 0 Å². The second-order valence-electron chi connectivity index (χ2n) is 7.08. The fraction of sp³-hybridized carbons (Fsp3) is 0.167. The number of amides is 1. The maximum atomic E-state index is 12.8. The van der Waals surface area contributed by atoms with Crippen LogP contribution in [0.15, 0.2) is 71.8 Å². The molecule has 0 saturated carbocycles. The van der Waals surface area contributed by atoms with Gasteiger partial charge in [-0.1, -0.05) is 60.3 Å². The van der Waals surface area contributed by atoms with Gasteiger partial charge in [0, 0.05) is 16.5 Å². The first-order valence-corrected chi connectivity index (χ1v) is 10.2. The van der Waals surface area contributed by atoms with E-state index in [1.54, 1.807) is 0 Å². The molecule has 0 aliphatic heterocycles. The number of hydrogen-bond donors (Lipinski definition) is 1. The zero-order chi connectivity index (χ0) is 19.7. The zero-order valence-electron chi connectivity index (χ0n) is 16.2. The fourth-order valence-corrected chi connectivity index (χ4v) is 4.17. The summed E-state index contributed by atoms with van der Waals surface area (Å²) in [6.45, 7) is 6.03. The maximum absolute atomic E-state index is 12.8. The third kappa shape index (κ3) is 3.73. The molecule has 1 atom stereocenters. The molecule has 4 heteroatoms. The number of fused-ring (bicyclic) bond motifs is 2. The van der Waals surface area contributed by atoms with Crippen LogP contribution in [0.4, 0.5) is 5.69 Å². The van der Waals surface area contributed by atoms with E-state index in [-0.39, 0.29) is 11.2 Å². The molecule has 0 aliphatic rings. The topological polar surface area (TPSA) is 42.0 Å². The molecule has 1 aromatic heterocycles. The van der Waals surface area contributed by atoms with Gasteiger partial charge in [-0.2, -0.15) is 0 Å². The van der Waals surface area contributed by atoms with Crippen molar-refractivity contribution in [3.05, 3.63) is 77.9 Å². The predicted molar refractivity (Wildman–Crippen MR) is 119 cm³/mol. The largest absolute Gasteiger partial charge is 0.325 e. The van der Waals surface area contributed by atoms with Crippen molar-refractivity contribution in [1.29, 1.82) is 0 Å². The second kappa shape index (κ2) is 7.64. The van der Waals surface area contributed by atoms with Crippen molar-refractivity contribution in [3.8, 4) is 0 Å². The molecule has 0 saturated heterocycles. The lowest BCUT2D eigenvalue weighted by molar-refractivity contribution is -0.115. The number of hydrogen-bond acceptors (Lipinski definition) is 3. The highest BCUT2D eigenvalue weighted by Gasteiger charge is 2.18. The molecule has 140 valence electrons. The number of thioether (sulfide) groups is 1. The molecule has 1 amide bonds. The monoisotopic (exact) mass is 386 g/mol. The number of pyridine rings is 1. The number of nitrogens with one attached hydrogen (secondary N) is 1. The van der Waals surface area contributed by atoms with Gasteiger partial charge in [0.25, 0.3) is 0 Å². The van der Waals surface area contributed by atoms with Crippen molar-refractivity contribution in [3.63, 3.8) is 0 Å². The lowest BCUT2D eigenvalue weighted by atomic mass is 10.1. The Morgan fingerprint density at radius 2 is 1.75 bits per heavy atom. The van der Waals surface area contributed by atoms with Crippen LogP contribution in [-0.2, 0) is 4.79 Å². The van der Waals surface area contributed by atoms with Crippen LogP contribution in [0.5, 0.6) is 0 Å². The lowest BCUT2D eigenvalue weighted by Gasteiger charge is -2.15. The average Bonchev–Trinajstić information content (AvgIpc) is 2.69.